The number of amides is 3. The summed E-state index contributed by atoms with van der Waals surface area (Å²) >= 11 is 0. The second-order valence-corrected chi connectivity index (χ2v) is 4.64. The van der Waals surface area contributed by atoms with Gasteiger partial charge in [0.2, 0.25) is 17.7 Å². The fourth-order valence-corrected chi connectivity index (χ4v) is 2.02. The van der Waals surface area contributed by atoms with Gasteiger partial charge in [-0.2, -0.15) is 0 Å². The number of benzene rings is 1. The maximum absolute atomic E-state index is 12.1. The van der Waals surface area contributed by atoms with Gasteiger partial charge in [-0.1, -0.05) is 30.3 Å². The summed E-state index contributed by atoms with van der Waals surface area (Å²) in [6, 6.07) is 8.74. The van der Waals surface area contributed by atoms with Gasteiger partial charge < -0.3 is 5.32 Å². The van der Waals surface area contributed by atoms with E-state index in [1.165, 1.54) is 0 Å². The molecule has 2 rings (SSSR count). The first-order valence-corrected chi connectivity index (χ1v) is 6.27. The van der Waals surface area contributed by atoms with Gasteiger partial charge in [-0.15, -0.1) is 0 Å². The molecule has 0 saturated carbocycles. The Morgan fingerprint density at radius 2 is 2.00 bits per heavy atom. The summed E-state index contributed by atoms with van der Waals surface area (Å²) in [5, 5.41) is 4.91. The number of imide groups is 1. The van der Waals surface area contributed by atoms with E-state index in [4.69, 9.17) is 0 Å². The molecule has 1 aliphatic rings. The van der Waals surface area contributed by atoms with Crippen molar-refractivity contribution in [3.63, 3.8) is 0 Å². The normalized spacial score (nSPS) is 20.6. The topological polar surface area (TPSA) is 75.3 Å². The van der Waals surface area contributed by atoms with Gasteiger partial charge in [-0.3, -0.25) is 19.7 Å². The van der Waals surface area contributed by atoms with Crippen LogP contribution in [0.5, 0.6) is 0 Å². The first-order chi connectivity index (χ1) is 9.08. The van der Waals surface area contributed by atoms with Crippen molar-refractivity contribution in [3.05, 3.63) is 35.9 Å². The summed E-state index contributed by atoms with van der Waals surface area (Å²) in [5.41, 5.74) is 0.896. The number of piperidine rings is 1. The molecular formula is C14H16N2O3. The second-order valence-electron chi connectivity index (χ2n) is 4.64. The summed E-state index contributed by atoms with van der Waals surface area (Å²) < 4.78 is 0. The van der Waals surface area contributed by atoms with E-state index in [-0.39, 0.29) is 24.2 Å². The van der Waals surface area contributed by atoms with Crippen LogP contribution < -0.4 is 10.6 Å². The van der Waals surface area contributed by atoms with Gasteiger partial charge in [-0.25, -0.2) is 0 Å². The zero-order chi connectivity index (χ0) is 13.8. The molecule has 5 heteroatoms. The summed E-state index contributed by atoms with van der Waals surface area (Å²) in [6.45, 7) is 1.79. The minimum Gasteiger partial charge on any atom is -0.344 e. The minimum atomic E-state index is -0.614. The Morgan fingerprint density at radius 3 is 2.63 bits per heavy atom. The third-order valence-electron chi connectivity index (χ3n) is 3.25. The smallest absolute Gasteiger partial charge is 0.249 e. The van der Waals surface area contributed by atoms with Crippen molar-refractivity contribution in [1.29, 1.82) is 0 Å². The maximum Gasteiger partial charge on any atom is 0.249 e. The largest absolute Gasteiger partial charge is 0.344 e. The molecule has 3 amide bonds. The molecule has 1 heterocycles. The van der Waals surface area contributed by atoms with Gasteiger partial charge in [0, 0.05) is 6.42 Å². The molecule has 19 heavy (non-hydrogen) atoms. The van der Waals surface area contributed by atoms with Crippen LogP contribution in [0.3, 0.4) is 0 Å². The van der Waals surface area contributed by atoms with Crippen LogP contribution in [-0.2, 0) is 14.4 Å². The molecule has 1 aromatic carbocycles. The molecule has 0 bridgehead atoms. The van der Waals surface area contributed by atoms with E-state index >= 15 is 0 Å². The molecule has 2 N–H and O–H groups in total. The highest BCUT2D eigenvalue weighted by Gasteiger charge is 2.29. The van der Waals surface area contributed by atoms with Crippen molar-refractivity contribution >= 4 is 17.7 Å². The van der Waals surface area contributed by atoms with Gasteiger partial charge in [0.05, 0.1) is 5.92 Å². The van der Waals surface area contributed by atoms with E-state index in [1.54, 1.807) is 6.92 Å². The lowest BCUT2D eigenvalue weighted by Crippen LogP contribution is -2.52. The van der Waals surface area contributed by atoms with E-state index in [1.807, 2.05) is 30.3 Å². The SMILES string of the molecule is CC(C(=O)NC1CCC(=O)NC1=O)c1ccccc1. The van der Waals surface area contributed by atoms with Crippen LogP contribution >= 0.6 is 0 Å². The highest BCUT2D eigenvalue weighted by Crippen LogP contribution is 2.15. The van der Waals surface area contributed by atoms with E-state index in [0.717, 1.165) is 5.56 Å². The molecule has 2 atom stereocenters. The quantitative estimate of drug-likeness (QED) is 0.786. The molecule has 0 spiro atoms. The Labute approximate surface area is 111 Å². The average molecular weight is 260 g/mol. The standard InChI is InChI=1S/C14H16N2O3/c1-9(10-5-3-2-4-6-10)13(18)15-11-7-8-12(17)16-14(11)19/h2-6,9,11H,7-8H2,1H3,(H,15,18)(H,16,17,19). The number of nitrogens with one attached hydrogen (secondary N) is 2. The van der Waals surface area contributed by atoms with E-state index in [2.05, 4.69) is 10.6 Å². The zero-order valence-electron chi connectivity index (χ0n) is 10.7. The second kappa shape index (κ2) is 5.65. The molecule has 0 radical (unpaired) electrons. The van der Waals surface area contributed by atoms with Crippen LogP contribution in [0.4, 0.5) is 0 Å². The van der Waals surface area contributed by atoms with E-state index in [0.29, 0.717) is 6.42 Å². The Hall–Kier alpha value is -2.17. The van der Waals surface area contributed by atoms with Crippen molar-refractivity contribution in [1.82, 2.24) is 10.6 Å². The first-order valence-electron chi connectivity index (χ1n) is 6.27. The maximum atomic E-state index is 12.1. The van der Waals surface area contributed by atoms with Gasteiger partial charge in [-0.05, 0) is 18.9 Å². The van der Waals surface area contributed by atoms with Crippen LogP contribution in [0.2, 0.25) is 0 Å². The highest BCUT2D eigenvalue weighted by atomic mass is 16.2. The molecule has 1 aromatic rings. The Balaban J connectivity index is 1.98. The number of rotatable bonds is 3. The lowest BCUT2D eigenvalue weighted by atomic mass is 9.99. The van der Waals surface area contributed by atoms with Crippen LogP contribution in [0, 0.1) is 0 Å². The van der Waals surface area contributed by atoms with Crippen molar-refractivity contribution < 1.29 is 14.4 Å². The average Bonchev–Trinajstić information content (AvgIpc) is 2.42. The Kier molecular flexibility index (Phi) is 3.94. The van der Waals surface area contributed by atoms with Crippen LogP contribution in [-0.4, -0.2) is 23.8 Å². The lowest BCUT2D eigenvalue weighted by Gasteiger charge is -2.23. The number of hydrogen-bond donors (Lipinski definition) is 2. The van der Waals surface area contributed by atoms with Crippen molar-refractivity contribution in [2.75, 3.05) is 0 Å². The predicted octanol–water partition coefficient (Wildman–Crippen LogP) is 0.711. The molecule has 2 unspecified atom stereocenters. The molecule has 1 aliphatic heterocycles. The van der Waals surface area contributed by atoms with Crippen molar-refractivity contribution in [2.45, 2.75) is 31.7 Å². The highest BCUT2D eigenvalue weighted by molar-refractivity contribution is 6.02. The molecule has 1 saturated heterocycles. The van der Waals surface area contributed by atoms with Crippen LogP contribution in [0.1, 0.15) is 31.2 Å². The summed E-state index contributed by atoms with van der Waals surface area (Å²) in [4.78, 5) is 34.6. The van der Waals surface area contributed by atoms with Gasteiger partial charge in [0.1, 0.15) is 6.04 Å². The molecule has 1 fully saturated rings. The molecule has 5 nitrogen and oxygen atoms in total. The van der Waals surface area contributed by atoms with Crippen LogP contribution in [0.25, 0.3) is 0 Å². The van der Waals surface area contributed by atoms with E-state index in [9.17, 15) is 14.4 Å². The fraction of sp³-hybridized carbons (Fsp3) is 0.357. The van der Waals surface area contributed by atoms with Gasteiger partial charge in [0.25, 0.3) is 0 Å². The monoisotopic (exact) mass is 260 g/mol. The third-order valence-corrected chi connectivity index (χ3v) is 3.25. The summed E-state index contributed by atoms with van der Waals surface area (Å²) in [7, 11) is 0. The predicted molar refractivity (Wildman–Crippen MR) is 69.2 cm³/mol. The van der Waals surface area contributed by atoms with E-state index < -0.39 is 11.9 Å². The summed E-state index contributed by atoms with van der Waals surface area (Å²) in [6.07, 6.45) is 0.619. The Bertz CT molecular complexity index is 499. The van der Waals surface area contributed by atoms with Crippen molar-refractivity contribution in [3.8, 4) is 0 Å². The first kappa shape index (κ1) is 13.3. The number of carbonyl (C=O) groups is 3. The molecular weight excluding hydrogens is 244 g/mol. The van der Waals surface area contributed by atoms with Gasteiger partial charge in [0.15, 0.2) is 0 Å². The minimum absolute atomic E-state index is 0.208. The fourth-order valence-electron chi connectivity index (χ4n) is 2.02. The molecule has 0 aromatic heterocycles. The third kappa shape index (κ3) is 3.19. The number of carbonyl (C=O) groups excluding carboxylic acids is 3. The Morgan fingerprint density at radius 1 is 1.32 bits per heavy atom. The molecule has 100 valence electrons. The summed E-state index contributed by atoms with van der Waals surface area (Å²) in [5.74, 6) is -1.25. The molecule has 0 aliphatic carbocycles. The zero-order valence-corrected chi connectivity index (χ0v) is 10.7. The van der Waals surface area contributed by atoms with Crippen LogP contribution in [0.15, 0.2) is 30.3 Å². The lowest BCUT2D eigenvalue weighted by molar-refractivity contribution is -0.137. The van der Waals surface area contributed by atoms with Crippen molar-refractivity contribution in [2.24, 2.45) is 0 Å². The number of hydrogen-bond acceptors (Lipinski definition) is 3. The van der Waals surface area contributed by atoms with Gasteiger partial charge >= 0.3 is 0 Å².